The Hall–Kier alpha value is -2.70. The van der Waals surface area contributed by atoms with Crippen LogP contribution in [-0.4, -0.2) is 36.4 Å². The van der Waals surface area contributed by atoms with Gasteiger partial charge >= 0.3 is 0 Å². The summed E-state index contributed by atoms with van der Waals surface area (Å²) in [5.41, 5.74) is 3.15. The minimum absolute atomic E-state index is 0.0973. The van der Waals surface area contributed by atoms with Gasteiger partial charge in [0.25, 0.3) is 0 Å². The Labute approximate surface area is 190 Å². The van der Waals surface area contributed by atoms with Gasteiger partial charge < -0.3 is 9.29 Å². The van der Waals surface area contributed by atoms with Crippen LogP contribution in [0.15, 0.2) is 65.6 Å². The fourth-order valence-electron chi connectivity index (χ4n) is 5.26. The van der Waals surface area contributed by atoms with E-state index in [1.807, 2.05) is 42.5 Å². The fourth-order valence-corrected chi connectivity index (χ4v) is 5.76. The van der Waals surface area contributed by atoms with E-state index in [1.165, 1.54) is 17.8 Å². The lowest BCUT2D eigenvalue weighted by molar-refractivity contribution is -0.444. The molecule has 0 radical (unpaired) electrons. The first-order valence-electron chi connectivity index (χ1n) is 10.8. The van der Waals surface area contributed by atoms with Gasteiger partial charge in [-0.05, 0) is 55.0 Å². The molecule has 0 aromatic heterocycles. The lowest BCUT2D eigenvalue weighted by Gasteiger charge is -2.27. The second-order valence-corrected chi connectivity index (χ2v) is 11.2. The molecule has 168 valence electrons. The molecule has 0 saturated heterocycles. The number of ether oxygens (including phenoxy) is 1. The first-order valence-corrected chi connectivity index (χ1v) is 12.2. The Kier molecular flexibility index (Phi) is 5.42. The van der Waals surface area contributed by atoms with Crippen LogP contribution >= 0.6 is 0 Å². The molecule has 0 amide bonds. The molecule has 0 unspecified atom stereocenters. The highest BCUT2D eigenvalue weighted by molar-refractivity contribution is 7.85. The van der Waals surface area contributed by atoms with Crippen molar-refractivity contribution in [3.8, 4) is 5.75 Å². The molecular formula is C26H29NO4S. The Morgan fingerprint density at radius 2 is 1.69 bits per heavy atom. The number of hydrogen-bond acceptors (Lipinski definition) is 4. The van der Waals surface area contributed by atoms with E-state index in [1.54, 1.807) is 6.07 Å². The van der Waals surface area contributed by atoms with Crippen molar-refractivity contribution in [3.63, 3.8) is 0 Å². The molecule has 0 fully saturated rings. The molecule has 0 aliphatic carbocycles. The van der Waals surface area contributed by atoms with E-state index >= 15 is 0 Å². The summed E-state index contributed by atoms with van der Waals surface area (Å²) in [5.74, 6) is 0.841. The van der Waals surface area contributed by atoms with E-state index in [-0.39, 0.29) is 15.7 Å². The Morgan fingerprint density at radius 1 is 1.00 bits per heavy atom. The Balaban J connectivity index is 1.81. The zero-order chi connectivity index (χ0) is 23.3. The van der Waals surface area contributed by atoms with Crippen LogP contribution in [0, 0.1) is 5.41 Å². The van der Waals surface area contributed by atoms with E-state index in [4.69, 9.17) is 4.74 Å². The van der Waals surface area contributed by atoms with E-state index in [0.29, 0.717) is 13.2 Å². The van der Waals surface area contributed by atoms with Gasteiger partial charge in [-0.15, -0.1) is 0 Å². The van der Waals surface area contributed by atoms with Gasteiger partial charge in [-0.3, -0.25) is 0 Å². The van der Waals surface area contributed by atoms with Gasteiger partial charge in [-0.1, -0.05) is 45.0 Å². The Morgan fingerprint density at radius 3 is 2.31 bits per heavy atom. The SMILES string of the molecule is CC(C)(C)C1=[N+](CCOc2ccccc2)c2ccc3cc(S(=O)(=O)[O-])ccc3c2C1(C)C. The minimum Gasteiger partial charge on any atom is -0.744 e. The van der Waals surface area contributed by atoms with Crippen molar-refractivity contribution in [1.82, 2.24) is 0 Å². The van der Waals surface area contributed by atoms with Crippen LogP contribution in [0.1, 0.15) is 40.2 Å². The number of rotatable bonds is 5. The average molecular weight is 452 g/mol. The summed E-state index contributed by atoms with van der Waals surface area (Å²) >= 11 is 0. The smallest absolute Gasteiger partial charge is 0.210 e. The second kappa shape index (κ2) is 7.71. The van der Waals surface area contributed by atoms with E-state index < -0.39 is 10.1 Å². The zero-order valence-corrected chi connectivity index (χ0v) is 20.0. The van der Waals surface area contributed by atoms with Crippen molar-refractivity contribution in [2.45, 2.75) is 44.9 Å². The number of para-hydroxylation sites is 1. The third kappa shape index (κ3) is 3.93. The average Bonchev–Trinajstić information content (AvgIpc) is 2.94. The molecule has 3 aromatic rings. The summed E-state index contributed by atoms with van der Waals surface area (Å²) in [4.78, 5) is -0.200. The van der Waals surface area contributed by atoms with Gasteiger partial charge in [0.05, 0.1) is 10.3 Å². The normalized spacial score (nSPS) is 15.8. The lowest BCUT2D eigenvalue weighted by atomic mass is 9.70. The first-order chi connectivity index (χ1) is 14.9. The molecule has 0 saturated carbocycles. The molecule has 1 aliphatic heterocycles. The molecule has 5 nitrogen and oxygen atoms in total. The van der Waals surface area contributed by atoms with Crippen molar-refractivity contribution in [2.24, 2.45) is 5.41 Å². The lowest BCUT2D eigenvalue weighted by Crippen LogP contribution is -2.40. The first kappa shape index (κ1) is 22.5. The maximum atomic E-state index is 11.5. The maximum Gasteiger partial charge on any atom is 0.210 e. The van der Waals surface area contributed by atoms with Gasteiger partial charge in [0.15, 0.2) is 12.3 Å². The highest BCUT2D eigenvalue weighted by Crippen LogP contribution is 2.48. The number of benzene rings is 3. The molecule has 0 spiro atoms. The van der Waals surface area contributed by atoms with Crippen molar-refractivity contribution in [3.05, 3.63) is 66.2 Å². The predicted molar refractivity (Wildman–Crippen MR) is 126 cm³/mol. The van der Waals surface area contributed by atoms with Crippen LogP contribution in [0.25, 0.3) is 10.8 Å². The summed E-state index contributed by atoms with van der Waals surface area (Å²) in [6.07, 6.45) is 0. The maximum absolute atomic E-state index is 11.5. The van der Waals surface area contributed by atoms with Crippen LogP contribution in [0.2, 0.25) is 0 Å². The standard InChI is InChI=1S/C26H29NO4S/c1-25(2,3)24-26(4,5)23-21-13-12-20(32(28,29)30)17-18(21)11-14-22(23)27(24)15-16-31-19-9-7-6-8-10-19/h6-14,17H,15-16H2,1-5H3. The minimum atomic E-state index is -4.50. The third-order valence-corrected chi connectivity index (χ3v) is 6.90. The van der Waals surface area contributed by atoms with Gasteiger partial charge in [0.1, 0.15) is 22.5 Å². The number of fused-ring (bicyclic) bond motifs is 3. The number of hydrogen-bond donors (Lipinski definition) is 0. The molecule has 1 heterocycles. The summed E-state index contributed by atoms with van der Waals surface area (Å²) in [6, 6.07) is 18.4. The van der Waals surface area contributed by atoms with Crippen LogP contribution < -0.4 is 4.74 Å². The summed E-state index contributed by atoms with van der Waals surface area (Å²) in [5, 5.41) is 1.72. The molecule has 0 bridgehead atoms. The van der Waals surface area contributed by atoms with E-state index in [0.717, 1.165) is 27.8 Å². The summed E-state index contributed by atoms with van der Waals surface area (Å²) in [6.45, 7) is 12.3. The van der Waals surface area contributed by atoms with Crippen LogP contribution in [0.3, 0.4) is 0 Å². The van der Waals surface area contributed by atoms with Crippen molar-refractivity contribution >= 4 is 32.3 Å². The van der Waals surface area contributed by atoms with Gasteiger partial charge in [-0.2, -0.15) is 4.58 Å². The molecule has 3 aromatic carbocycles. The largest absolute Gasteiger partial charge is 0.744 e. The van der Waals surface area contributed by atoms with Gasteiger partial charge in [-0.25, -0.2) is 8.42 Å². The quantitative estimate of drug-likeness (QED) is 0.393. The number of nitrogens with zero attached hydrogens (tertiary/aromatic N) is 1. The van der Waals surface area contributed by atoms with Crippen LogP contribution in [-0.2, 0) is 15.5 Å². The molecule has 4 rings (SSSR count). The molecule has 0 N–H and O–H groups in total. The fraction of sp³-hybridized carbons (Fsp3) is 0.346. The predicted octanol–water partition coefficient (Wildman–Crippen LogP) is 5.25. The second-order valence-electron chi connectivity index (χ2n) is 9.83. The monoisotopic (exact) mass is 451 g/mol. The molecule has 0 atom stereocenters. The molecule has 6 heteroatoms. The highest BCUT2D eigenvalue weighted by Gasteiger charge is 2.51. The van der Waals surface area contributed by atoms with Crippen LogP contribution in [0.4, 0.5) is 5.69 Å². The molecular weight excluding hydrogens is 422 g/mol. The van der Waals surface area contributed by atoms with E-state index in [2.05, 4.69) is 39.2 Å². The Bertz CT molecular complexity index is 1320. The zero-order valence-electron chi connectivity index (χ0n) is 19.2. The summed E-state index contributed by atoms with van der Waals surface area (Å²) in [7, 11) is -4.50. The van der Waals surface area contributed by atoms with Gasteiger partial charge in [0.2, 0.25) is 5.69 Å². The molecule has 32 heavy (non-hydrogen) atoms. The van der Waals surface area contributed by atoms with Crippen molar-refractivity contribution in [1.29, 1.82) is 0 Å². The van der Waals surface area contributed by atoms with Crippen molar-refractivity contribution in [2.75, 3.05) is 13.2 Å². The van der Waals surface area contributed by atoms with Crippen molar-refractivity contribution < 1.29 is 22.3 Å². The highest BCUT2D eigenvalue weighted by atomic mass is 32.2. The van der Waals surface area contributed by atoms with E-state index in [9.17, 15) is 13.0 Å². The third-order valence-electron chi connectivity index (χ3n) is 6.07. The topological polar surface area (TPSA) is 69.4 Å². The summed E-state index contributed by atoms with van der Waals surface area (Å²) < 4.78 is 42.9. The van der Waals surface area contributed by atoms with Crippen LogP contribution in [0.5, 0.6) is 5.75 Å². The molecule has 1 aliphatic rings. The van der Waals surface area contributed by atoms with Gasteiger partial charge in [0, 0.05) is 17.0 Å².